The fourth-order valence-electron chi connectivity index (χ4n) is 1.60. The molecule has 0 spiro atoms. The summed E-state index contributed by atoms with van der Waals surface area (Å²) in [5.74, 6) is -1.22. The van der Waals surface area contributed by atoms with Gasteiger partial charge in [0.25, 0.3) is 0 Å². The normalized spacial score (nSPS) is 10.9. The van der Waals surface area contributed by atoms with Crippen molar-refractivity contribution in [3.63, 3.8) is 0 Å². The van der Waals surface area contributed by atoms with Crippen LogP contribution < -0.4 is 56.8 Å². The maximum absolute atomic E-state index is 13.3. The van der Waals surface area contributed by atoms with Gasteiger partial charge in [-0.05, 0) is 17.2 Å². The van der Waals surface area contributed by atoms with Crippen LogP contribution in [0, 0.1) is 5.82 Å². The molecule has 0 radical (unpaired) electrons. The molecule has 0 heterocycles. The van der Waals surface area contributed by atoms with Crippen molar-refractivity contribution < 1.29 is 68.7 Å². The molecule has 0 aromatic heterocycles. The maximum atomic E-state index is 13.3. The van der Waals surface area contributed by atoms with E-state index < -0.39 is 18.3 Å². The molecule has 0 bridgehead atoms. The molecule has 0 aliphatic carbocycles. The van der Waals surface area contributed by atoms with Crippen LogP contribution in [0.3, 0.4) is 0 Å². The van der Waals surface area contributed by atoms with Crippen molar-refractivity contribution in [3.05, 3.63) is 54.3 Å². The Morgan fingerprint density at radius 1 is 0.778 bits per heavy atom. The molecule has 6 heteroatoms. The number of rotatable bonds is 2. The van der Waals surface area contributed by atoms with Gasteiger partial charge < -0.3 is 12.9 Å². The van der Waals surface area contributed by atoms with Gasteiger partial charge in [-0.2, -0.15) is 0 Å². The molecule has 2 aromatic carbocycles. The van der Waals surface area contributed by atoms with Crippen LogP contribution in [-0.4, -0.2) is 6.98 Å². The summed E-state index contributed by atoms with van der Waals surface area (Å²) in [7, 11) is 0. The molecule has 0 aliphatic rings. The fourth-order valence-corrected chi connectivity index (χ4v) is 1.60. The second-order valence-corrected chi connectivity index (χ2v) is 3.68. The van der Waals surface area contributed by atoms with Crippen molar-refractivity contribution in [2.75, 3.05) is 0 Å². The molecule has 0 saturated carbocycles. The zero-order valence-electron chi connectivity index (χ0n) is 9.71. The van der Waals surface area contributed by atoms with E-state index in [9.17, 15) is 17.3 Å². The van der Waals surface area contributed by atoms with Crippen molar-refractivity contribution >= 4 is 12.4 Å². The maximum Gasteiger partial charge on any atom is 1.00 e. The molecule has 0 saturated heterocycles. The minimum absolute atomic E-state index is 0. The molecule has 0 fully saturated rings. The Labute approximate surface area is 145 Å². The quantitative estimate of drug-likeness (QED) is 0.556. The topological polar surface area (TPSA) is 0 Å². The first-order valence-corrected chi connectivity index (χ1v) is 5.03. The summed E-state index contributed by atoms with van der Waals surface area (Å²) in [6.07, 6.45) is 0. The first-order valence-electron chi connectivity index (χ1n) is 5.03. The van der Waals surface area contributed by atoms with E-state index in [1.807, 2.05) is 0 Å². The second-order valence-electron chi connectivity index (χ2n) is 3.68. The van der Waals surface area contributed by atoms with Gasteiger partial charge in [-0.15, -0.1) is 0 Å². The summed E-state index contributed by atoms with van der Waals surface area (Å²) in [6, 6.07) is 11.7. The van der Waals surface area contributed by atoms with E-state index in [-0.39, 0.29) is 51.4 Å². The van der Waals surface area contributed by atoms with Gasteiger partial charge in [0, 0.05) is 0 Å². The first kappa shape index (κ1) is 15.9. The SMILES string of the molecule is Fc1cc(-c2ccccc2)ccc1[B-](F)(F)F.[K+]. The Kier molecular flexibility index (Phi) is 5.61. The molecule has 0 amide bonds. The van der Waals surface area contributed by atoms with Crippen LogP contribution in [-0.2, 0) is 0 Å². The van der Waals surface area contributed by atoms with Crippen molar-refractivity contribution in [1.29, 1.82) is 0 Å². The van der Waals surface area contributed by atoms with E-state index in [4.69, 9.17) is 0 Å². The van der Waals surface area contributed by atoms with Gasteiger partial charge in [0.2, 0.25) is 0 Å². The molecule has 2 rings (SSSR count). The number of hydrogen-bond acceptors (Lipinski definition) is 0. The Balaban J connectivity index is 0.00000162. The van der Waals surface area contributed by atoms with Crippen LogP contribution in [0.2, 0.25) is 0 Å². The molecular formula is C12H8BF4K. The minimum Gasteiger partial charge on any atom is -0.445 e. The molecule has 88 valence electrons. The predicted octanol–water partition coefficient (Wildman–Crippen LogP) is 0.551. The second kappa shape index (κ2) is 6.34. The van der Waals surface area contributed by atoms with Crippen LogP contribution in [0.5, 0.6) is 0 Å². The van der Waals surface area contributed by atoms with Crippen LogP contribution >= 0.6 is 0 Å². The molecular weight excluding hydrogens is 270 g/mol. The predicted molar refractivity (Wildman–Crippen MR) is 60.5 cm³/mol. The smallest absolute Gasteiger partial charge is 0.445 e. The molecule has 0 atom stereocenters. The van der Waals surface area contributed by atoms with Gasteiger partial charge in [-0.1, -0.05) is 47.9 Å². The minimum atomic E-state index is -5.29. The summed E-state index contributed by atoms with van der Waals surface area (Å²) in [6.45, 7) is -5.29. The number of halogens is 4. The van der Waals surface area contributed by atoms with Gasteiger partial charge in [0.15, 0.2) is 0 Å². The summed E-state index contributed by atoms with van der Waals surface area (Å²) in [4.78, 5) is 0. The van der Waals surface area contributed by atoms with Gasteiger partial charge in [0.05, 0.1) is 5.82 Å². The third-order valence-corrected chi connectivity index (χ3v) is 2.46. The van der Waals surface area contributed by atoms with Gasteiger partial charge in [-0.3, -0.25) is 0 Å². The molecule has 18 heavy (non-hydrogen) atoms. The molecule has 2 aromatic rings. The first-order chi connectivity index (χ1) is 7.98. The third-order valence-electron chi connectivity index (χ3n) is 2.46. The molecule has 0 nitrogen and oxygen atoms in total. The Hall–Kier alpha value is -0.139. The number of benzene rings is 2. The van der Waals surface area contributed by atoms with E-state index in [0.29, 0.717) is 11.1 Å². The molecule has 0 aliphatic heterocycles. The van der Waals surface area contributed by atoms with Crippen LogP contribution in [0.15, 0.2) is 48.5 Å². The summed E-state index contributed by atoms with van der Waals surface area (Å²) in [5.41, 5.74) is -0.0517. The van der Waals surface area contributed by atoms with Gasteiger partial charge in [0.1, 0.15) is 0 Å². The fraction of sp³-hybridized carbons (Fsp3) is 0. The summed E-state index contributed by atoms with van der Waals surface area (Å²) >= 11 is 0. The standard InChI is InChI=1S/C12H8BF4.K/c14-12-8-10(9-4-2-1-3-5-9)6-7-11(12)13(15,16)17;/h1-8H;/q-1;+1. The number of hydrogen-bond donors (Lipinski definition) is 0. The van der Waals surface area contributed by atoms with Crippen LogP contribution in [0.4, 0.5) is 17.3 Å². The van der Waals surface area contributed by atoms with Crippen molar-refractivity contribution in [2.45, 2.75) is 0 Å². The average molecular weight is 278 g/mol. The van der Waals surface area contributed by atoms with E-state index in [1.54, 1.807) is 30.3 Å². The van der Waals surface area contributed by atoms with Crippen molar-refractivity contribution in [1.82, 2.24) is 0 Å². The van der Waals surface area contributed by atoms with E-state index in [2.05, 4.69) is 0 Å². The van der Waals surface area contributed by atoms with Crippen LogP contribution in [0.1, 0.15) is 0 Å². The average Bonchev–Trinajstić information content (AvgIpc) is 2.28. The van der Waals surface area contributed by atoms with Gasteiger partial charge >= 0.3 is 58.4 Å². The summed E-state index contributed by atoms with van der Waals surface area (Å²) in [5, 5.41) is 0. The molecule has 0 N–H and O–H groups in total. The zero-order valence-corrected chi connectivity index (χ0v) is 12.8. The van der Waals surface area contributed by atoms with E-state index in [0.717, 1.165) is 12.1 Å². The Morgan fingerprint density at radius 2 is 1.39 bits per heavy atom. The molecule has 0 unspecified atom stereocenters. The van der Waals surface area contributed by atoms with Crippen molar-refractivity contribution in [3.8, 4) is 11.1 Å². The largest absolute Gasteiger partial charge is 1.00 e. The third kappa shape index (κ3) is 3.68. The van der Waals surface area contributed by atoms with Crippen LogP contribution in [0.25, 0.3) is 11.1 Å². The van der Waals surface area contributed by atoms with Crippen molar-refractivity contribution in [2.24, 2.45) is 0 Å². The van der Waals surface area contributed by atoms with Gasteiger partial charge in [-0.25, -0.2) is 4.39 Å². The van der Waals surface area contributed by atoms with E-state index >= 15 is 0 Å². The summed E-state index contributed by atoms with van der Waals surface area (Å²) < 4.78 is 50.5. The monoisotopic (exact) mass is 278 g/mol. The Bertz CT molecular complexity index is 525. The zero-order chi connectivity index (χ0) is 12.5. The van der Waals surface area contributed by atoms with E-state index in [1.165, 1.54) is 6.07 Å². The Morgan fingerprint density at radius 3 is 1.89 bits per heavy atom.